The lowest BCUT2D eigenvalue weighted by atomic mass is 9.95. The van der Waals surface area contributed by atoms with Gasteiger partial charge in [0.05, 0.1) is 4.47 Å². The summed E-state index contributed by atoms with van der Waals surface area (Å²) in [5, 5.41) is 6.06. The van der Waals surface area contributed by atoms with E-state index in [0.29, 0.717) is 21.4 Å². The van der Waals surface area contributed by atoms with Crippen molar-refractivity contribution in [2.45, 2.75) is 57.7 Å². The number of rotatable bonds is 8. The van der Waals surface area contributed by atoms with E-state index in [1.54, 1.807) is 25.1 Å². The van der Waals surface area contributed by atoms with E-state index in [4.69, 9.17) is 27.9 Å². The Morgan fingerprint density at radius 2 is 1.72 bits per heavy atom. The van der Waals surface area contributed by atoms with Crippen molar-refractivity contribution >= 4 is 61.7 Å². The minimum atomic E-state index is -0.726. The number of hydrogen-bond donors (Lipinski definition) is 1. The summed E-state index contributed by atoms with van der Waals surface area (Å²) in [5.41, 5.74) is 0.596. The van der Waals surface area contributed by atoms with Crippen LogP contribution in [0, 0.1) is 0 Å². The molecule has 36 heavy (non-hydrogen) atoms. The molecule has 2 amide bonds. The first kappa shape index (κ1) is 26.8. The summed E-state index contributed by atoms with van der Waals surface area (Å²) in [5.74, 6) is 0.0275. The highest BCUT2D eigenvalue weighted by molar-refractivity contribution is 9.10. The zero-order chi connectivity index (χ0) is 25.7. The van der Waals surface area contributed by atoms with Gasteiger partial charge in [-0.15, -0.1) is 0 Å². The van der Waals surface area contributed by atoms with Crippen LogP contribution >= 0.6 is 39.1 Å². The maximum absolute atomic E-state index is 13.5. The molecule has 1 aliphatic rings. The number of halogens is 3. The van der Waals surface area contributed by atoms with Crippen LogP contribution in [-0.4, -0.2) is 35.4 Å². The van der Waals surface area contributed by atoms with Crippen molar-refractivity contribution in [2.75, 3.05) is 6.61 Å². The monoisotopic (exact) mass is 590 g/mol. The highest BCUT2D eigenvalue weighted by Gasteiger charge is 2.29. The van der Waals surface area contributed by atoms with Crippen LogP contribution in [0.4, 0.5) is 0 Å². The summed E-state index contributed by atoms with van der Waals surface area (Å²) < 4.78 is 6.71. The van der Waals surface area contributed by atoms with Crippen LogP contribution in [0.3, 0.4) is 0 Å². The number of ether oxygens (including phenoxy) is 1. The van der Waals surface area contributed by atoms with Crippen LogP contribution in [-0.2, 0) is 16.1 Å². The molecule has 0 radical (unpaired) electrons. The van der Waals surface area contributed by atoms with E-state index in [2.05, 4.69) is 21.2 Å². The second-order valence-electron chi connectivity index (χ2n) is 9.13. The summed E-state index contributed by atoms with van der Waals surface area (Å²) in [6, 6.07) is 16.3. The Balaban J connectivity index is 1.53. The van der Waals surface area contributed by atoms with Crippen LogP contribution < -0.4 is 10.1 Å². The molecule has 0 saturated heterocycles. The highest BCUT2D eigenvalue weighted by Crippen LogP contribution is 2.33. The Labute approximate surface area is 230 Å². The quantitative estimate of drug-likeness (QED) is 0.302. The van der Waals surface area contributed by atoms with Gasteiger partial charge < -0.3 is 15.0 Å². The van der Waals surface area contributed by atoms with Crippen LogP contribution in [0.1, 0.15) is 44.6 Å². The van der Waals surface area contributed by atoms with Crippen molar-refractivity contribution in [3.05, 3.63) is 74.7 Å². The van der Waals surface area contributed by atoms with Gasteiger partial charge in [-0.05, 0) is 64.7 Å². The highest BCUT2D eigenvalue weighted by atomic mass is 79.9. The van der Waals surface area contributed by atoms with Crippen molar-refractivity contribution in [1.29, 1.82) is 0 Å². The average Bonchev–Trinajstić information content (AvgIpc) is 2.88. The summed E-state index contributed by atoms with van der Waals surface area (Å²) in [7, 11) is 0. The first-order valence-electron chi connectivity index (χ1n) is 12.2. The molecule has 0 aliphatic heterocycles. The van der Waals surface area contributed by atoms with Crippen molar-refractivity contribution in [3.8, 4) is 5.75 Å². The third-order valence-electron chi connectivity index (χ3n) is 6.69. The summed E-state index contributed by atoms with van der Waals surface area (Å²) in [6.45, 7) is 1.59. The van der Waals surface area contributed by atoms with E-state index in [0.717, 1.165) is 40.9 Å². The minimum absolute atomic E-state index is 0.0961. The fourth-order valence-electron chi connectivity index (χ4n) is 4.55. The Kier molecular flexibility index (Phi) is 9.15. The number of fused-ring (bicyclic) bond motifs is 1. The normalized spacial score (nSPS) is 14.9. The fraction of sp³-hybridized carbons (Fsp3) is 0.357. The van der Waals surface area contributed by atoms with E-state index >= 15 is 0 Å². The van der Waals surface area contributed by atoms with Gasteiger partial charge in [0, 0.05) is 28.2 Å². The van der Waals surface area contributed by atoms with E-state index in [1.807, 2.05) is 36.4 Å². The van der Waals surface area contributed by atoms with Crippen LogP contribution in [0.5, 0.6) is 5.75 Å². The number of amides is 2. The molecular weight excluding hydrogens is 563 g/mol. The van der Waals surface area contributed by atoms with Gasteiger partial charge >= 0.3 is 0 Å². The van der Waals surface area contributed by atoms with Crippen LogP contribution in [0.25, 0.3) is 10.8 Å². The molecule has 0 spiro atoms. The Hall–Kier alpha value is -2.28. The Morgan fingerprint density at radius 1 is 1.03 bits per heavy atom. The van der Waals surface area contributed by atoms with Crippen molar-refractivity contribution in [2.24, 2.45) is 0 Å². The molecule has 0 heterocycles. The average molecular weight is 592 g/mol. The van der Waals surface area contributed by atoms with Gasteiger partial charge in [-0.1, -0.05) is 78.9 Å². The Bertz CT molecular complexity index is 1230. The summed E-state index contributed by atoms with van der Waals surface area (Å²) in [6.07, 6.45) is 5.32. The van der Waals surface area contributed by atoms with Gasteiger partial charge in [0.15, 0.2) is 6.61 Å². The molecule has 1 unspecified atom stereocenters. The lowest BCUT2D eigenvalue weighted by Gasteiger charge is -2.31. The second-order valence-corrected chi connectivity index (χ2v) is 10.7. The Morgan fingerprint density at radius 3 is 2.44 bits per heavy atom. The molecule has 0 aromatic heterocycles. The zero-order valence-corrected chi connectivity index (χ0v) is 23.2. The van der Waals surface area contributed by atoms with E-state index < -0.39 is 6.04 Å². The summed E-state index contributed by atoms with van der Waals surface area (Å²) in [4.78, 5) is 28.1. The number of carbonyl (C=O) groups is 2. The first-order chi connectivity index (χ1) is 17.3. The predicted octanol–water partition coefficient (Wildman–Crippen LogP) is 7.15. The molecule has 1 aliphatic carbocycles. The third kappa shape index (κ3) is 6.34. The SMILES string of the molecule is CC(C(=O)NC1CCCCC1)N(Cc1c(Cl)cccc1Cl)C(=O)COc1ccc2ccccc2c1Br. The standard InChI is InChI=1S/C28H29BrCl2N2O3/c1-18(28(35)32-20-9-3-2-4-10-20)33(16-22-23(30)12-7-13-24(22)31)26(34)17-36-25-15-14-19-8-5-6-11-21(19)27(25)29/h5-8,11-15,18,20H,2-4,9-10,16-17H2,1H3,(H,32,35). The molecule has 3 aromatic carbocycles. The first-order valence-corrected chi connectivity index (χ1v) is 13.7. The van der Waals surface area contributed by atoms with Crippen molar-refractivity contribution in [1.82, 2.24) is 10.2 Å². The predicted molar refractivity (Wildman–Crippen MR) is 149 cm³/mol. The van der Waals surface area contributed by atoms with Crippen LogP contribution in [0.15, 0.2) is 59.1 Å². The molecule has 1 atom stereocenters. The van der Waals surface area contributed by atoms with Gasteiger partial charge in [-0.3, -0.25) is 9.59 Å². The lowest BCUT2D eigenvalue weighted by molar-refractivity contribution is -0.142. The second kappa shape index (κ2) is 12.3. The smallest absolute Gasteiger partial charge is 0.261 e. The molecule has 1 fully saturated rings. The number of benzene rings is 3. The maximum Gasteiger partial charge on any atom is 0.261 e. The van der Waals surface area contributed by atoms with Crippen LogP contribution in [0.2, 0.25) is 10.0 Å². The topological polar surface area (TPSA) is 58.6 Å². The lowest BCUT2D eigenvalue weighted by Crippen LogP contribution is -2.51. The minimum Gasteiger partial charge on any atom is -0.483 e. The summed E-state index contributed by atoms with van der Waals surface area (Å²) >= 11 is 16.4. The molecule has 3 aromatic rings. The molecule has 1 N–H and O–H groups in total. The maximum atomic E-state index is 13.5. The molecule has 4 rings (SSSR count). The van der Waals surface area contributed by atoms with E-state index in [1.165, 1.54) is 11.3 Å². The third-order valence-corrected chi connectivity index (χ3v) is 8.21. The molecule has 5 nitrogen and oxygen atoms in total. The van der Waals surface area contributed by atoms with Gasteiger partial charge in [0.2, 0.25) is 5.91 Å². The van der Waals surface area contributed by atoms with Gasteiger partial charge in [-0.25, -0.2) is 0 Å². The van der Waals surface area contributed by atoms with Gasteiger partial charge in [0.1, 0.15) is 11.8 Å². The van der Waals surface area contributed by atoms with Gasteiger partial charge in [-0.2, -0.15) is 0 Å². The number of nitrogens with one attached hydrogen (secondary N) is 1. The number of nitrogens with zero attached hydrogens (tertiary/aromatic N) is 1. The number of carbonyl (C=O) groups excluding carboxylic acids is 2. The molecule has 8 heteroatoms. The fourth-order valence-corrected chi connectivity index (χ4v) is 5.68. The van der Waals surface area contributed by atoms with Crippen molar-refractivity contribution in [3.63, 3.8) is 0 Å². The molecule has 1 saturated carbocycles. The molecular formula is C28H29BrCl2N2O3. The van der Waals surface area contributed by atoms with E-state index in [9.17, 15) is 9.59 Å². The van der Waals surface area contributed by atoms with Gasteiger partial charge in [0.25, 0.3) is 5.91 Å². The van der Waals surface area contributed by atoms with Crippen molar-refractivity contribution < 1.29 is 14.3 Å². The molecule has 0 bridgehead atoms. The number of hydrogen-bond acceptors (Lipinski definition) is 3. The van der Waals surface area contributed by atoms with E-state index in [-0.39, 0.29) is 31.0 Å². The molecule has 190 valence electrons. The largest absolute Gasteiger partial charge is 0.483 e. The zero-order valence-electron chi connectivity index (χ0n) is 20.1.